The van der Waals surface area contributed by atoms with Crippen LogP contribution in [0.3, 0.4) is 0 Å². The Morgan fingerprint density at radius 3 is 2.06 bits per heavy atom. The molecule has 4 rings (SSSR count). The number of alkyl halides is 6. The van der Waals surface area contributed by atoms with Crippen molar-refractivity contribution in [2.24, 2.45) is 0 Å². The minimum Gasteiger partial charge on any atom is -0.496 e. The average Bonchev–Trinajstić information content (AvgIpc) is 3.19. The second-order valence-electron chi connectivity index (χ2n) is 7.47. The van der Waals surface area contributed by atoms with Gasteiger partial charge in [-0.05, 0) is 48.9 Å². The molecule has 10 heteroatoms. The molecule has 2 heterocycles. The summed E-state index contributed by atoms with van der Waals surface area (Å²) in [4.78, 5) is 4.12. The fourth-order valence-electron chi connectivity index (χ4n) is 3.65. The molecule has 34 heavy (non-hydrogen) atoms. The molecular formula is C24H17F6N3O. The van der Waals surface area contributed by atoms with Crippen molar-refractivity contribution < 1.29 is 31.1 Å². The Balaban J connectivity index is 1.97. The second kappa shape index (κ2) is 8.51. The molecule has 0 radical (unpaired) electrons. The first kappa shape index (κ1) is 23.3. The molecule has 4 nitrogen and oxygen atoms in total. The van der Waals surface area contributed by atoms with Gasteiger partial charge in [0, 0.05) is 23.5 Å². The lowest BCUT2D eigenvalue weighted by atomic mass is 9.98. The van der Waals surface area contributed by atoms with Crippen LogP contribution >= 0.6 is 0 Å². The Morgan fingerprint density at radius 1 is 0.794 bits per heavy atom. The normalized spacial score (nSPS) is 12.1. The molecule has 2 aromatic heterocycles. The van der Waals surface area contributed by atoms with Crippen LogP contribution in [0.5, 0.6) is 5.75 Å². The third-order valence-corrected chi connectivity index (χ3v) is 5.14. The number of para-hydroxylation sites is 1. The zero-order valence-electron chi connectivity index (χ0n) is 17.9. The van der Waals surface area contributed by atoms with Crippen molar-refractivity contribution in [2.45, 2.75) is 19.3 Å². The summed E-state index contributed by atoms with van der Waals surface area (Å²) in [5.74, 6) is 0.538. The van der Waals surface area contributed by atoms with Crippen molar-refractivity contribution in [3.05, 3.63) is 83.8 Å². The number of benzene rings is 2. The third kappa shape index (κ3) is 4.48. The highest BCUT2D eigenvalue weighted by atomic mass is 19.4. The minimum absolute atomic E-state index is 0.0872. The monoisotopic (exact) mass is 477 g/mol. The summed E-state index contributed by atoms with van der Waals surface area (Å²) in [6, 6.07) is 11.7. The maximum atomic E-state index is 13.4. The van der Waals surface area contributed by atoms with E-state index >= 15 is 0 Å². The fourth-order valence-corrected chi connectivity index (χ4v) is 3.65. The van der Waals surface area contributed by atoms with Crippen molar-refractivity contribution in [3.63, 3.8) is 0 Å². The molecule has 0 aliphatic rings. The molecule has 0 atom stereocenters. The van der Waals surface area contributed by atoms with Crippen molar-refractivity contribution in [1.82, 2.24) is 14.8 Å². The lowest BCUT2D eigenvalue weighted by Gasteiger charge is -2.17. The van der Waals surface area contributed by atoms with Crippen molar-refractivity contribution in [1.29, 1.82) is 0 Å². The molecule has 0 amide bonds. The van der Waals surface area contributed by atoms with E-state index in [0.29, 0.717) is 40.3 Å². The molecule has 0 saturated carbocycles. The van der Waals surface area contributed by atoms with E-state index in [1.165, 1.54) is 19.5 Å². The summed E-state index contributed by atoms with van der Waals surface area (Å²) in [6.07, 6.45) is -6.94. The maximum absolute atomic E-state index is 13.4. The predicted molar refractivity (Wildman–Crippen MR) is 114 cm³/mol. The van der Waals surface area contributed by atoms with Gasteiger partial charge in [0.1, 0.15) is 5.75 Å². The van der Waals surface area contributed by atoms with Crippen LogP contribution in [0.1, 0.15) is 16.8 Å². The Morgan fingerprint density at radius 2 is 1.44 bits per heavy atom. The molecule has 0 unspecified atom stereocenters. The molecule has 176 valence electrons. The number of methoxy groups -OCH3 is 1. The van der Waals surface area contributed by atoms with Gasteiger partial charge in [-0.1, -0.05) is 18.2 Å². The zero-order valence-corrected chi connectivity index (χ0v) is 17.9. The smallest absolute Gasteiger partial charge is 0.416 e. The van der Waals surface area contributed by atoms with E-state index in [4.69, 9.17) is 4.74 Å². The number of hydrogen-bond acceptors (Lipinski definition) is 3. The largest absolute Gasteiger partial charge is 0.496 e. The van der Waals surface area contributed by atoms with Crippen LogP contribution < -0.4 is 4.74 Å². The summed E-state index contributed by atoms with van der Waals surface area (Å²) in [7, 11) is 1.50. The zero-order chi connectivity index (χ0) is 24.7. The average molecular weight is 477 g/mol. The summed E-state index contributed by atoms with van der Waals surface area (Å²) in [6.45, 7) is 1.59. The SMILES string of the molecule is COc1ccccc1-c1ccncc1-c1cc(C)nn1-c1cc(C(F)(F)F)cc(C(F)(F)F)c1. The number of ether oxygens (including phenoxy) is 1. The summed E-state index contributed by atoms with van der Waals surface area (Å²) < 4.78 is 87.1. The minimum atomic E-state index is -4.98. The Bertz CT molecular complexity index is 1310. The summed E-state index contributed by atoms with van der Waals surface area (Å²) in [5.41, 5.74) is -0.794. The molecule has 0 saturated heterocycles. The number of rotatable bonds is 4. The van der Waals surface area contributed by atoms with E-state index in [1.54, 1.807) is 43.3 Å². The predicted octanol–water partition coefficient (Wildman–Crippen LogP) is 6.96. The lowest BCUT2D eigenvalue weighted by Crippen LogP contribution is -2.13. The van der Waals surface area contributed by atoms with E-state index in [1.807, 2.05) is 0 Å². The number of hydrogen-bond donors (Lipinski definition) is 0. The van der Waals surface area contributed by atoms with Gasteiger partial charge in [-0.3, -0.25) is 4.98 Å². The fraction of sp³-hybridized carbons (Fsp3) is 0.167. The first-order chi connectivity index (χ1) is 16.0. The topological polar surface area (TPSA) is 39.9 Å². The first-order valence-electron chi connectivity index (χ1n) is 9.93. The summed E-state index contributed by atoms with van der Waals surface area (Å²) >= 11 is 0. The highest BCUT2D eigenvalue weighted by molar-refractivity contribution is 5.85. The van der Waals surface area contributed by atoms with Crippen LogP contribution in [0, 0.1) is 6.92 Å². The highest BCUT2D eigenvalue weighted by Gasteiger charge is 2.37. The number of nitrogens with zero attached hydrogens (tertiary/aromatic N) is 3. The quantitative estimate of drug-likeness (QED) is 0.299. The van der Waals surface area contributed by atoms with E-state index in [9.17, 15) is 26.3 Å². The van der Waals surface area contributed by atoms with Gasteiger partial charge in [0.05, 0.1) is 35.3 Å². The first-order valence-corrected chi connectivity index (χ1v) is 9.93. The van der Waals surface area contributed by atoms with E-state index in [0.717, 1.165) is 4.68 Å². The van der Waals surface area contributed by atoms with Gasteiger partial charge in [0.2, 0.25) is 0 Å². The van der Waals surface area contributed by atoms with Crippen LogP contribution in [0.25, 0.3) is 28.1 Å². The number of aryl methyl sites for hydroxylation is 1. The van der Waals surface area contributed by atoms with Crippen LogP contribution in [-0.4, -0.2) is 21.9 Å². The van der Waals surface area contributed by atoms with E-state index < -0.39 is 23.5 Å². The van der Waals surface area contributed by atoms with Gasteiger partial charge in [-0.15, -0.1) is 0 Å². The molecule has 0 aliphatic carbocycles. The molecule has 0 spiro atoms. The Kier molecular flexibility index (Phi) is 5.84. The maximum Gasteiger partial charge on any atom is 0.416 e. The van der Waals surface area contributed by atoms with Gasteiger partial charge >= 0.3 is 12.4 Å². The summed E-state index contributed by atoms with van der Waals surface area (Å²) in [5, 5.41) is 4.20. The standard InChI is InChI=1S/C24H17F6N3O/c1-14-9-21(20-13-31-8-7-18(20)19-5-3-4-6-22(19)34-2)33(32-14)17-11-15(23(25,26)27)10-16(12-17)24(28,29)30/h3-13H,1-2H3. The van der Waals surface area contributed by atoms with Crippen molar-refractivity contribution in [3.8, 4) is 33.8 Å². The van der Waals surface area contributed by atoms with Gasteiger partial charge in [-0.25, -0.2) is 4.68 Å². The number of pyridine rings is 1. The van der Waals surface area contributed by atoms with E-state index in [2.05, 4.69) is 10.1 Å². The third-order valence-electron chi connectivity index (χ3n) is 5.14. The van der Waals surface area contributed by atoms with Crippen LogP contribution in [0.15, 0.2) is 67.0 Å². The van der Waals surface area contributed by atoms with Crippen molar-refractivity contribution in [2.75, 3.05) is 7.11 Å². The van der Waals surface area contributed by atoms with Crippen LogP contribution in [0.2, 0.25) is 0 Å². The Hall–Kier alpha value is -3.82. The lowest BCUT2D eigenvalue weighted by molar-refractivity contribution is -0.143. The molecule has 2 aromatic carbocycles. The van der Waals surface area contributed by atoms with E-state index in [-0.39, 0.29) is 17.4 Å². The molecule has 0 bridgehead atoms. The number of aromatic nitrogens is 3. The molecule has 0 N–H and O–H groups in total. The highest BCUT2D eigenvalue weighted by Crippen LogP contribution is 2.40. The molecule has 0 fully saturated rings. The molecule has 4 aromatic rings. The second-order valence-corrected chi connectivity index (χ2v) is 7.47. The Labute approximate surface area is 190 Å². The molecule has 0 aliphatic heterocycles. The van der Waals surface area contributed by atoms with Crippen LogP contribution in [0.4, 0.5) is 26.3 Å². The van der Waals surface area contributed by atoms with Gasteiger partial charge in [-0.2, -0.15) is 31.4 Å². The number of halogens is 6. The van der Waals surface area contributed by atoms with Crippen LogP contribution in [-0.2, 0) is 12.4 Å². The molecular weight excluding hydrogens is 460 g/mol. The van der Waals surface area contributed by atoms with Gasteiger partial charge in [0.15, 0.2) is 0 Å². The van der Waals surface area contributed by atoms with Gasteiger partial charge < -0.3 is 4.74 Å². The van der Waals surface area contributed by atoms with Gasteiger partial charge in [0.25, 0.3) is 0 Å². The van der Waals surface area contributed by atoms with Crippen molar-refractivity contribution >= 4 is 0 Å².